The van der Waals surface area contributed by atoms with Gasteiger partial charge in [-0.25, -0.2) is 0 Å². The third-order valence-electron chi connectivity index (χ3n) is 1.97. The van der Waals surface area contributed by atoms with Crippen LogP contribution >= 0.6 is 0 Å². The molecule has 13 heavy (non-hydrogen) atoms. The lowest BCUT2D eigenvalue weighted by molar-refractivity contribution is 0.450. The van der Waals surface area contributed by atoms with Crippen LogP contribution < -0.4 is 0 Å². The van der Waals surface area contributed by atoms with Gasteiger partial charge in [0.25, 0.3) is 0 Å². The maximum Gasteiger partial charge on any atom is 0.0909 e. The molecule has 0 atom stereocenters. The van der Waals surface area contributed by atoms with Crippen LogP contribution in [0.5, 0.6) is 0 Å². The number of nitrogens with zero attached hydrogens (tertiary/aromatic N) is 3. The number of aromatic nitrogens is 3. The number of rotatable bonds is 1. The minimum atomic E-state index is 0.0945. The largest absolute Gasteiger partial charge is 0.182 e. The van der Waals surface area contributed by atoms with E-state index in [1.807, 2.05) is 6.92 Å². The molecule has 0 saturated heterocycles. The first-order valence-corrected chi connectivity index (χ1v) is 4.76. The summed E-state index contributed by atoms with van der Waals surface area (Å²) in [5.74, 6) is 0. The lowest BCUT2D eigenvalue weighted by atomic mass is 9.91. The molecule has 0 spiro atoms. The third kappa shape index (κ3) is 2.08. The fraction of sp³-hybridized carbons (Fsp3) is 0.800. The molecule has 0 aliphatic carbocycles. The molecular weight excluding hydrogens is 162 g/mol. The summed E-state index contributed by atoms with van der Waals surface area (Å²) < 4.78 is 0. The summed E-state index contributed by atoms with van der Waals surface area (Å²) in [5.41, 5.74) is 2.24. The molecular formula is C10H19N3. The van der Waals surface area contributed by atoms with Crippen molar-refractivity contribution >= 4 is 0 Å². The molecule has 1 heterocycles. The summed E-state index contributed by atoms with van der Waals surface area (Å²) in [6.45, 7) is 12.7. The Morgan fingerprint density at radius 1 is 1.15 bits per heavy atom. The van der Waals surface area contributed by atoms with Gasteiger partial charge in [0.2, 0.25) is 0 Å². The maximum absolute atomic E-state index is 4.49. The van der Waals surface area contributed by atoms with Crippen LogP contribution in [0, 0.1) is 6.92 Å². The SMILES string of the molecule is Cc1nn(C(C)C)nc1C(C)(C)C. The Hall–Kier alpha value is -0.860. The van der Waals surface area contributed by atoms with E-state index in [1.54, 1.807) is 4.80 Å². The topological polar surface area (TPSA) is 30.7 Å². The first kappa shape index (κ1) is 10.2. The molecule has 0 amide bonds. The van der Waals surface area contributed by atoms with Crippen LogP contribution in [-0.2, 0) is 5.41 Å². The van der Waals surface area contributed by atoms with Crippen molar-refractivity contribution in [1.29, 1.82) is 0 Å². The van der Waals surface area contributed by atoms with Crippen molar-refractivity contribution in [1.82, 2.24) is 15.0 Å². The monoisotopic (exact) mass is 181 g/mol. The molecule has 0 aliphatic rings. The van der Waals surface area contributed by atoms with Crippen molar-refractivity contribution in [2.45, 2.75) is 53.0 Å². The summed E-state index contributed by atoms with van der Waals surface area (Å²) in [4.78, 5) is 1.79. The second-order valence-corrected chi connectivity index (χ2v) is 4.80. The number of aryl methyl sites for hydroxylation is 1. The minimum Gasteiger partial charge on any atom is -0.182 e. The Labute approximate surface area is 80.1 Å². The summed E-state index contributed by atoms with van der Waals surface area (Å²) in [6.07, 6.45) is 0. The quantitative estimate of drug-likeness (QED) is 0.666. The molecule has 74 valence electrons. The number of hydrogen-bond donors (Lipinski definition) is 0. The van der Waals surface area contributed by atoms with Crippen molar-refractivity contribution in [3.63, 3.8) is 0 Å². The van der Waals surface area contributed by atoms with Gasteiger partial charge in [0.1, 0.15) is 0 Å². The van der Waals surface area contributed by atoms with Crippen LogP contribution in [0.2, 0.25) is 0 Å². The predicted molar refractivity (Wildman–Crippen MR) is 53.8 cm³/mol. The molecule has 3 nitrogen and oxygen atoms in total. The first-order valence-electron chi connectivity index (χ1n) is 4.76. The fourth-order valence-corrected chi connectivity index (χ4v) is 1.32. The highest BCUT2D eigenvalue weighted by Crippen LogP contribution is 2.22. The fourth-order valence-electron chi connectivity index (χ4n) is 1.32. The molecule has 1 aromatic heterocycles. The van der Waals surface area contributed by atoms with E-state index < -0.39 is 0 Å². The molecule has 0 N–H and O–H groups in total. The van der Waals surface area contributed by atoms with E-state index in [2.05, 4.69) is 44.8 Å². The second kappa shape index (κ2) is 3.13. The Kier molecular flexibility index (Phi) is 2.46. The molecule has 1 rings (SSSR count). The third-order valence-corrected chi connectivity index (χ3v) is 1.97. The molecule has 0 saturated carbocycles. The van der Waals surface area contributed by atoms with Gasteiger partial charge in [-0.2, -0.15) is 15.0 Å². The Bertz CT molecular complexity index is 292. The molecule has 0 unspecified atom stereocenters. The van der Waals surface area contributed by atoms with Gasteiger partial charge in [-0.05, 0) is 20.8 Å². The number of hydrogen-bond acceptors (Lipinski definition) is 2. The summed E-state index contributed by atoms with van der Waals surface area (Å²) >= 11 is 0. The zero-order valence-electron chi connectivity index (χ0n) is 9.42. The van der Waals surface area contributed by atoms with E-state index in [-0.39, 0.29) is 5.41 Å². The van der Waals surface area contributed by atoms with E-state index in [4.69, 9.17) is 0 Å². The average Bonchev–Trinajstić information content (AvgIpc) is 2.29. The summed E-state index contributed by atoms with van der Waals surface area (Å²) in [7, 11) is 0. The van der Waals surface area contributed by atoms with Gasteiger partial charge >= 0.3 is 0 Å². The van der Waals surface area contributed by atoms with Crippen molar-refractivity contribution in [2.24, 2.45) is 0 Å². The Balaban J connectivity index is 3.11. The average molecular weight is 181 g/mol. The van der Waals surface area contributed by atoms with Gasteiger partial charge in [-0.3, -0.25) is 0 Å². The zero-order chi connectivity index (χ0) is 10.2. The zero-order valence-corrected chi connectivity index (χ0v) is 9.42. The highest BCUT2D eigenvalue weighted by molar-refractivity contribution is 5.16. The van der Waals surface area contributed by atoms with Gasteiger partial charge in [-0.1, -0.05) is 20.8 Å². The van der Waals surface area contributed by atoms with Crippen molar-refractivity contribution in [3.8, 4) is 0 Å². The van der Waals surface area contributed by atoms with E-state index in [0.717, 1.165) is 11.4 Å². The standard InChI is InChI=1S/C10H19N3/c1-7(2)13-11-8(3)9(12-13)10(4,5)6/h7H,1-6H3. The van der Waals surface area contributed by atoms with Crippen LogP contribution in [0.4, 0.5) is 0 Å². The van der Waals surface area contributed by atoms with E-state index >= 15 is 0 Å². The minimum absolute atomic E-state index is 0.0945. The van der Waals surface area contributed by atoms with Gasteiger partial charge in [0.15, 0.2) is 0 Å². The van der Waals surface area contributed by atoms with Gasteiger partial charge in [-0.15, -0.1) is 0 Å². The van der Waals surface area contributed by atoms with Crippen LogP contribution in [0.25, 0.3) is 0 Å². The first-order chi connectivity index (χ1) is 5.82. The van der Waals surface area contributed by atoms with Crippen LogP contribution in [0.15, 0.2) is 0 Å². The summed E-state index contributed by atoms with van der Waals surface area (Å²) in [5, 5.41) is 8.87. The van der Waals surface area contributed by atoms with E-state index in [0.29, 0.717) is 6.04 Å². The van der Waals surface area contributed by atoms with Crippen LogP contribution in [0.3, 0.4) is 0 Å². The van der Waals surface area contributed by atoms with Gasteiger partial charge < -0.3 is 0 Å². The molecule has 0 bridgehead atoms. The van der Waals surface area contributed by atoms with Crippen molar-refractivity contribution in [3.05, 3.63) is 11.4 Å². The lowest BCUT2D eigenvalue weighted by Gasteiger charge is -2.15. The lowest BCUT2D eigenvalue weighted by Crippen LogP contribution is -2.14. The van der Waals surface area contributed by atoms with Gasteiger partial charge in [0.05, 0.1) is 17.4 Å². The van der Waals surface area contributed by atoms with Crippen molar-refractivity contribution < 1.29 is 0 Å². The molecule has 0 radical (unpaired) electrons. The molecule has 0 aliphatic heterocycles. The molecule has 0 aromatic carbocycles. The molecule has 0 fully saturated rings. The van der Waals surface area contributed by atoms with Gasteiger partial charge in [0, 0.05) is 5.41 Å². The smallest absolute Gasteiger partial charge is 0.0909 e. The molecule has 3 heteroatoms. The van der Waals surface area contributed by atoms with E-state index in [9.17, 15) is 0 Å². The normalized spacial score (nSPS) is 12.5. The highest BCUT2D eigenvalue weighted by Gasteiger charge is 2.21. The molecule has 1 aromatic rings. The maximum atomic E-state index is 4.49. The van der Waals surface area contributed by atoms with E-state index in [1.165, 1.54) is 0 Å². The second-order valence-electron chi connectivity index (χ2n) is 4.80. The summed E-state index contributed by atoms with van der Waals surface area (Å²) in [6, 6.07) is 0.342. The Morgan fingerprint density at radius 2 is 1.69 bits per heavy atom. The van der Waals surface area contributed by atoms with Crippen LogP contribution in [-0.4, -0.2) is 15.0 Å². The van der Waals surface area contributed by atoms with Crippen molar-refractivity contribution in [2.75, 3.05) is 0 Å². The Morgan fingerprint density at radius 3 is 1.92 bits per heavy atom. The predicted octanol–water partition coefficient (Wildman–Crippen LogP) is 2.46. The highest BCUT2D eigenvalue weighted by atomic mass is 15.5. The van der Waals surface area contributed by atoms with Crippen LogP contribution in [0.1, 0.15) is 52.0 Å².